The molecular weight excluding hydrogens is 194 g/mol. The lowest BCUT2D eigenvalue weighted by Gasteiger charge is -1.93. The van der Waals surface area contributed by atoms with Gasteiger partial charge in [0.25, 0.3) is 0 Å². The Morgan fingerprint density at radius 1 is 1.33 bits per heavy atom. The van der Waals surface area contributed by atoms with Gasteiger partial charge in [0.1, 0.15) is 0 Å². The topological polar surface area (TPSA) is 98.3 Å². The molecule has 2 aromatic rings. The van der Waals surface area contributed by atoms with Crippen LogP contribution in [0, 0.1) is 0 Å². The highest BCUT2D eigenvalue weighted by Crippen LogP contribution is 2.16. The molecule has 0 saturated carbocycles. The normalized spacial score (nSPS) is 11.2. The van der Waals surface area contributed by atoms with Crippen LogP contribution in [0.15, 0.2) is 0 Å². The summed E-state index contributed by atoms with van der Waals surface area (Å²) >= 11 is 0. The highest BCUT2D eigenvalue weighted by Gasteiger charge is 2.14. The van der Waals surface area contributed by atoms with Gasteiger partial charge in [-0.25, -0.2) is 9.67 Å². The summed E-state index contributed by atoms with van der Waals surface area (Å²) in [6, 6.07) is 0. The van der Waals surface area contributed by atoms with Gasteiger partial charge in [0.15, 0.2) is 17.5 Å². The molecule has 0 radical (unpaired) electrons. The van der Waals surface area contributed by atoms with Crippen molar-refractivity contribution in [1.29, 1.82) is 0 Å². The predicted molar refractivity (Wildman–Crippen MR) is 54.9 cm³/mol. The SMILES string of the molecule is CC(C)c1nc(-c2nc(N)n[nH]2)n(C)n1. The van der Waals surface area contributed by atoms with Crippen LogP contribution in [0.5, 0.6) is 0 Å². The summed E-state index contributed by atoms with van der Waals surface area (Å²) in [6.45, 7) is 4.07. The first-order valence-electron chi connectivity index (χ1n) is 4.67. The monoisotopic (exact) mass is 207 g/mol. The number of aryl methyl sites for hydroxylation is 1. The van der Waals surface area contributed by atoms with Gasteiger partial charge in [0.05, 0.1) is 0 Å². The van der Waals surface area contributed by atoms with Crippen molar-refractivity contribution in [3.8, 4) is 11.6 Å². The van der Waals surface area contributed by atoms with E-state index in [4.69, 9.17) is 5.73 Å². The minimum absolute atomic E-state index is 0.207. The third-order valence-corrected chi connectivity index (χ3v) is 2.01. The third kappa shape index (κ3) is 1.67. The number of nitrogens with zero attached hydrogens (tertiary/aromatic N) is 5. The van der Waals surface area contributed by atoms with Crippen molar-refractivity contribution in [2.24, 2.45) is 7.05 Å². The predicted octanol–water partition coefficient (Wildman–Crippen LogP) is 0.306. The summed E-state index contributed by atoms with van der Waals surface area (Å²) < 4.78 is 1.66. The standard InChI is InChI=1S/C8H13N7/c1-4(2)5-10-7(15(3)14-5)6-11-8(9)13-12-6/h4H,1-3H3,(H3,9,11,12,13). The van der Waals surface area contributed by atoms with E-state index >= 15 is 0 Å². The smallest absolute Gasteiger partial charge is 0.239 e. The Bertz CT molecular complexity index is 467. The molecule has 0 aliphatic carbocycles. The summed E-state index contributed by atoms with van der Waals surface area (Å²) in [5.41, 5.74) is 5.42. The maximum Gasteiger partial charge on any atom is 0.239 e. The first-order chi connectivity index (χ1) is 7.08. The van der Waals surface area contributed by atoms with Crippen molar-refractivity contribution >= 4 is 5.95 Å². The molecule has 0 fully saturated rings. The summed E-state index contributed by atoms with van der Waals surface area (Å²) in [5.74, 6) is 2.45. The molecule has 0 aliphatic rings. The van der Waals surface area contributed by atoms with Crippen LogP contribution in [0.1, 0.15) is 25.6 Å². The van der Waals surface area contributed by atoms with Crippen LogP contribution >= 0.6 is 0 Å². The number of hydrogen-bond donors (Lipinski definition) is 2. The van der Waals surface area contributed by atoms with Crippen molar-refractivity contribution in [3.63, 3.8) is 0 Å². The Morgan fingerprint density at radius 3 is 2.53 bits per heavy atom. The quantitative estimate of drug-likeness (QED) is 0.738. The summed E-state index contributed by atoms with van der Waals surface area (Å²) in [6.07, 6.45) is 0. The van der Waals surface area contributed by atoms with Crippen molar-refractivity contribution in [1.82, 2.24) is 29.9 Å². The molecule has 0 aliphatic heterocycles. The maximum atomic E-state index is 5.42. The highest BCUT2D eigenvalue weighted by atomic mass is 15.4. The van der Waals surface area contributed by atoms with E-state index in [-0.39, 0.29) is 11.9 Å². The van der Waals surface area contributed by atoms with Crippen molar-refractivity contribution in [3.05, 3.63) is 5.82 Å². The average molecular weight is 207 g/mol. The van der Waals surface area contributed by atoms with E-state index in [1.54, 1.807) is 4.68 Å². The van der Waals surface area contributed by atoms with Gasteiger partial charge in [-0.1, -0.05) is 13.8 Å². The van der Waals surface area contributed by atoms with Gasteiger partial charge in [-0.05, 0) is 0 Å². The van der Waals surface area contributed by atoms with Gasteiger partial charge in [-0.2, -0.15) is 10.1 Å². The van der Waals surface area contributed by atoms with Crippen molar-refractivity contribution in [2.45, 2.75) is 19.8 Å². The van der Waals surface area contributed by atoms with Crippen LogP contribution < -0.4 is 5.73 Å². The zero-order valence-electron chi connectivity index (χ0n) is 8.89. The Morgan fingerprint density at radius 2 is 2.07 bits per heavy atom. The van der Waals surface area contributed by atoms with Gasteiger partial charge >= 0.3 is 0 Å². The van der Waals surface area contributed by atoms with E-state index in [9.17, 15) is 0 Å². The number of aromatic nitrogens is 6. The van der Waals surface area contributed by atoms with Crippen LogP contribution in [-0.4, -0.2) is 29.9 Å². The molecule has 0 bridgehead atoms. The zero-order chi connectivity index (χ0) is 11.0. The molecule has 3 N–H and O–H groups in total. The van der Waals surface area contributed by atoms with Crippen molar-refractivity contribution < 1.29 is 0 Å². The van der Waals surface area contributed by atoms with Crippen LogP contribution in [0.4, 0.5) is 5.95 Å². The molecule has 0 unspecified atom stereocenters. The Balaban J connectivity index is 2.44. The van der Waals surface area contributed by atoms with Gasteiger partial charge in [0.2, 0.25) is 5.95 Å². The lowest BCUT2D eigenvalue weighted by Crippen LogP contribution is -1.96. The lowest BCUT2D eigenvalue weighted by atomic mass is 10.2. The van der Waals surface area contributed by atoms with E-state index in [1.807, 2.05) is 20.9 Å². The third-order valence-electron chi connectivity index (χ3n) is 2.01. The van der Waals surface area contributed by atoms with Gasteiger partial charge in [-0.15, -0.1) is 5.10 Å². The molecule has 7 heteroatoms. The molecule has 0 saturated heterocycles. The number of nitrogens with two attached hydrogens (primary N) is 1. The molecule has 7 nitrogen and oxygen atoms in total. The first-order valence-corrected chi connectivity index (χ1v) is 4.67. The molecule has 0 amide bonds. The summed E-state index contributed by atoms with van der Waals surface area (Å²) in [4.78, 5) is 8.36. The number of nitrogens with one attached hydrogen (secondary N) is 1. The van der Waals surface area contributed by atoms with E-state index in [0.717, 1.165) is 5.82 Å². The molecule has 0 aromatic carbocycles. The molecule has 0 atom stereocenters. The lowest BCUT2D eigenvalue weighted by molar-refractivity contribution is 0.711. The Kier molecular flexibility index (Phi) is 2.14. The van der Waals surface area contributed by atoms with Gasteiger partial charge < -0.3 is 5.73 Å². The molecule has 80 valence electrons. The second kappa shape index (κ2) is 3.34. The van der Waals surface area contributed by atoms with Gasteiger partial charge in [0, 0.05) is 13.0 Å². The molecule has 2 heterocycles. The molecule has 2 aromatic heterocycles. The number of rotatable bonds is 2. The fourth-order valence-electron chi connectivity index (χ4n) is 1.23. The maximum absolute atomic E-state index is 5.42. The minimum atomic E-state index is 0.207. The fraction of sp³-hybridized carbons (Fsp3) is 0.500. The second-order valence-electron chi connectivity index (χ2n) is 3.61. The van der Waals surface area contributed by atoms with Gasteiger partial charge in [-0.3, -0.25) is 5.10 Å². The van der Waals surface area contributed by atoms with Crippen LogP contribution in [0.3, 0.4) is 0 Å². The van der Waals surface area contributed by atoms with Crippen molar-refractivity contribution in [2.75, 3.05) is 5.73 Å². The number of aromatic amines is 1. The fourth-order valence-corrected chi connectivity index (χ4v) is 1.23. The van der Waals surface area contributed by atoms with Crippen LogP contribution in [0.25, 0.3) is 11.6 Å². The molecule has 2 rings (SSSR count). The molecular formula is C8H13N7. The minimum Gasteiger partial charge on any atom is -0.366 e. The second-order valence-corrected chi connectivity index (χ2v) is 3.61. The highest BCUT2D eigenvalue weighted by molar-refractivity contribution is 5.44. The number of hydrogen-bond acceptors (Lipinski definition) is 5. The van der Waals surface area contributed by atoms with Crippen LogP contribution in [-0.2, 0) is 7.05 Å². The van der Waals surface area contributed by atoms with Crippen LogP contribution in [0.2, 0.25) is 0 Å². The number of H-pyrrole nitrogens is 1. The number of nitrogen functional groups attached to an aromatic ring is 1. The Hall–Kier alpha value is -1.92. The number of anilines is 1. The average Bonchev–Trinajstić information content (AvgIpc) is 2.71. The largest absolute Gasteiger partial charge is 0.366 e. The van der Waals surface area contributed by atoms with E-state index in [2.05, 4.69) is 25.3 Å². The van der Waals surface area contributed by atoms with E-state index in [1.165, 1.54) is 0 Å². The Labute approximate surface area is 86.7 Å². The summed E-state index contributed by atoms with van der Waals surface area (Å²) in [5, 5.41) is 10.7. The summed E-state index contributed by atoms with van der Waals surface area (Å²) in [7, 11) is 1.81. The first kappa shape index (κ1) is 9.63. The zero-order valence-corrected chi connectivity index (χ0v) is 8.89. The molecule has 0 spiro atoms. The molecule has 15 heavy (non-hydrogen) atoms. The van der Waals surface area contributed by atoms with E-state index < -0.39 is 0 Å². The van der Waals surface area contributed by atoms with E-state index in [0.29, 0.717) is 11.6 Å².